The van der Waals surface area contributed by atoms with Gasteiger partial charge in [0.1, 0.15) is 0 Å². The third kappa shape index (κ3) is 4.34. The highest BCUT2D eigenvalue weighted by Gasteiger charge is 2.17. The monoisotopic (exact) mass is 422 g/mol. The average Bonchev–Trinajstić information content (AvgIpc) is 3.24. The van der Waals surface area contributed by atoms with Crippen LogP contribution in [0.1, 0.15) is 15.9 Å². The van der Waals surface area contributed by atoms with Crippen molar-refractivity contribution in [3.63, 3.8) is 0 Å². The molecule has 0 saturated carbocycles. The molecule has 0 spiro atoms. The number of amides is 1. The fraction of sp³-hybridized carbons (Fsp3) is 0.0435. The Morgan fingerprint density at radius 3 is 2.52 bits per heavy atom. The van der Waals surface area contributed by atoms with E-state index < -0.39 is 0 Å². The number of aromatic nitrogens is 1. The molecule has 0 aliphatic rings. The van der Waals surface area contributed by atoms with Crippen LogP contribution in [0.2, 0.25) is 10.0 Å². The fourth-order valence-electron chi connectivity index (χ4n) is 2.94. The van der Waals surface area contributed by atoms with Crippen molar-refractivity contribution < 1.29 is 9.21 Å². The third-order valence-electron chi connectivity index (χ3n) is 4.42. The summed E-state index contributed by atoms with van der Waals surface area (Å²) in [6.07, 6.45) is 1.66. The van der Waals surface area contributed by atoms with Gasteiger partial charge in [0.15, 0.2) is 5.76 Å². The van der Waals surface area contributed by atoms with Crippen LogP contribution in [0.5, 0.6) is 0 Å². The van der Waals surface area contributed by atoms with Gasteiger partial charge in [0.05, 0.1) is 11.8 Å². The molecule has 4 aromatic rings. The molecule has 0 aliphatic carbocycles. The molecule has 0 atom stereocenters. The average molecular weight is 423 g/mol. The topological polar surface area (TPSA) is 55.1 Å². The van der Waals surface area contributed by atoms with Gasteiger partial charge < -0.3 is 9.73 Å². The second kappa shape index (κ2) is 8.52. The van der Waals surface area contributed by atoms with E-state index in [1.54, 1.807) is 36.5 Å². The molecule has 3 aromatic carbocycles. The molecule has 0 bridgehead atoms. The molecule has 144 valence electrons. The van der Waals surface area contributed by atoms with Crippen molar-refractivity contribution in [1.82, 2.24) is 10.3 Å². The first-order valence-electron chi connectivity index (χ1n) is 8.94. The summed E-state index contributed by atoms with van der Waals surface area (Å²) in [6.45, 7) is 0.282. The Morgan fingerprint density at radius 1 is 0.966 bits per heavy atom. The summed E-state index contributed by atoms with van der Waals surface area (Å²) < 4.78 is 5.91. The Bertz CT molecular complexity index is 1160. The molecule has 4 rings (SSSR count). The molecular formula is C23H16Cl2N2O2. The van der Waals surface area contributed by atoms with Gasteiger partial charge in [-0.3, -0.25) is 4.79 Å². The predicted molar refractivity (Wildman–Crippen MR) is 115 cm³/mol. The van der Waals surface area contributed by atoms with E-state index in [0.717, 1.165) is 11.1 Å². The van der Waals surface area contributed by atoms with E-state index in [1.165, 1.54) is 0 Å². The second-order valence-corrected chi connectivity index (χ2v) is 7.20. The molecule has 0 saturated heterocycles. The van der Waals surface area contributed by atoms with E-state index >= 15 is 0 Å². The number of halogens is 2. The second-order valence-electron chi connectivity index (χ2n) is 6.36. The Labute approximate surface area is 178 Å². The Balaban J connectivity index is 1.57. The molecule has 6 heteroatoms. The summed E-state index contributed by atoms with van der Waals surface area (Å²) in [5, 5.41) is 3.94. The van der Waals surface area contributed by atoms with Gasteiger partial charge in [-0.05, 0) is 29.8 Å². The maximum atomic E-state index is 12.8. The van der Waals surface area contributed by atoms with Gasteiger partial charge in [-0.25, -0.2) is 4.98 Å². The number of carbonyl (C=O) groups is 1. The van der Waals surface area contributed by atoms with Crippen molar-refractivity contribution in [3.05, 3.63) is 100 Å². The number of carbonyl (C=O) groups excluding carboxylic acids is 1. The van der Waals surface area contributed by atoms with E-state index in [-0.39, 0.29) is 12.5 Å². The lowest BCUT2D eigenvalue weighted by Crippen LogP contribution is -2.23. The smallest absolute Gasteiger partial charge is 0.252 e. The predicted octanol–water partition coefficient (Wildman–Crippen LogP) is 6.25. The summed E-state index contributed by atoms with van der Waals surface area (Å²) in [5.74, 6) is 0.786. The molecule has 29 heavy (non-hydrogen) atoms. The first-order chi connectivity index (χ1) is 14.1. The zero-order chi connectivity index (χ0) is 20.2. The fourth-order valence-corrected chi connectivity index (χ4v) is 3.41. The molecule has 0 fully saturated rings. The maximum Gasteiger partial charge on any atom is 0.252 e. The van der Waals surface area contributed by atoms with Crippen LogP contribution in [0.4, 0.5) is 0 Å². The summed E-state index contributed by atoms with van der Waals surface area (Å²) in [6, 6.07) is 22.1. The van der Waals surface area contributed by atoms with Crippen molar-refractivity contribution in [2.45, 2.75) is 6.54 Å². The van der Waals surface area contributed by atoms with Gasteiger partial charge >= 0.3 is 0 Å². The minimum absolute atomic E-state index is 0.244. The van der Waals surface area contributed by atoms with Crippen LogP contribution in [0, 0.1) is 0 Å². The van der Waals surface area contributed by atoms with E-state index in [2.05, 4.69) is 10.3 Å². The summed E-state index contributed by atoms with van der Waals surface area (Å²) in [5.41, 5.74) is 2.79. The minimum atomic E-state index is -0.244. The van der Waals surface area contributed by atoms with Gasteiger partial charge in [0.2, 0.25) is 5.89 Å². The lowest BCUT2D eigenvalue weighted by atomic mass is 10.1. The first kappa shape index (κ1) is 19.2. The van der Waals surface area contributed by atoms with Gasteiger partial charge in [0, 0.05) is 27.7 Å². The summed E-state index contributed by atoms with van der Waals surface area (Å²) in [4.78, 5) is 17.2. The van der Waals surface area contributed by atoms with Crippen LogP contribution in [0.15, 0.2) is 83.4 Å². The Kier molecular flexibility index (Phi) is 5.65. The van der Waals surface area contributed by atoms with E-state index in [4.69, 9.17) is 27.6 Å². The van der Waals surface area contributed by atoms with Crippen molar-refractivity contribution >= 4 is 29.1 Å². The van der Waals surface area contributed by atoms with Gasteiger partial charge in [-0.1, -0.05) is 71.7 Å². The quantitative estimate of drug-likeness (QED) is 0.413. The maximum absolute atomic E-state index is 12.8. The van der Waals surface area contributed by atoms with Crippen molar-refractivity contribution in [1.29, 1.82) is 0 Å². The van der Waals surface area contributed by atoms with Crippen molar-refractivity contribution in [2.75, 3.05) is 0 Å². The van der Waals surface area contributed by atoms with Crippen LogP contribution in [0.3, 0.4) is 0 Å². The molecule has 1 amide bonds. The largest absolute Gasteiger partial charge is 0.436 e. The van der Waals surface area contributed by atoms with E-state index in [9.17, 15) is 4.79 Å². The third-order valence-corrected chi connectivity index (χ3v) is 5.01. The molecule has 0 unspecified atom stereocenters. The lowest BCUT2D eigenvalue weighted by molar-refractivity contribution is 0.0951. The Morgan fingerprint density at radius 2 is 1.72 bits per heavy atom. The van der Waals surface area contributed by atoms with Crippen molar-refractivity contribution in [3.8, 4) is 22.8 Å². The zero-order valence-corrected chi connectivity index (χ0v) is 16.7. The SMILES string of the molecule is O=C(NCc1ccc(Cl)cc1Cl)c1ccccc1-c1ncc(-c2ccccc2)o1. The number of hydrogen-bond donors (Lipinski definition) is 1. The van der Waals surface area contributed by atoms with Crippen LogP contribution < -0.4 is 5.32 Å². The summed E-state index contributed by atoms with van der Waals surface area (Å²) in [7, 11) is 0. The van der Waals surface area contributed by atoms with E-state index in [1.807, 2.05) is 42.5 Å². The molecule has 0 aliphatic heterocycles. The molecule has 1 heterocycles. The minimum Gasteiger partial charge on any atom is -0.436 e. The molecule has 4 nitrogen and oxygen atoms in total. The number of oxazole rings is 1. The zero-order valence-electron chi connectivity index (χ0n) is 15.2. The highest BCUT2D eigenvalue weighted by Crippen LogP contribution is 2.28. The van der Waals surface area contributed by atoms with Crippen LogP contribution >= 0.6 is 23.2 Å². The van der Waals surface area contributed by atoms with E-state index in [0.29, 0.717) is 32.8 Å². The standard InChI is InChI=1S/C23H16Cl2N2O2/c24-17-11-10-16(20(25)12-17)13-26-22(28)18-8-4-5-9-19(18)23-27-14-21(29-23)15-6-2-1-3-7-15/h1-12,14H,13H2,(H,26,28). The Hall–Kier alpha value is -3.08. The van der Waals surface area contributed by atoms with Crippen LogP contribution in [-0.2, 0) is 6.54 Å². The number of hydrogen-bond acceptors (Lipinski definition) is 3. The highest BCUT2D eigenvalue weighted by molar-refractivity contribution is 6.35. The lowest BCUT2D eigenvalue weighted by Gasteiger charge is -2.09. The van der Waals surface area contributed by atoms with Gasteiger partial charge in [0.25, 0.3) is 5.91 Å². The van der Waals surface area contributed by atoms with Crippen molar-refractivity contribution in [2.24, 2.45) is 0 Å². The molecule has 1 aromatic heterocycles. The van der Waals surface area contributed by atoms with Crippen LogP contribution in [0.25, 0.3) is 22.8 Å². The highest BCUT2D eigenvalue weighted by atomic mass is 35.5. The van der Waals surface area contributed by atoms with Gasteiger partial charge in [-0.2, -0.15) is 0 Å². The first-order valence-corrected chi connectivity index (χ1v) is 9.70. The number of rotatable bonds is 5. The number of benzene rings is 3. The van der Waals surface area contributed by atoms with Gasteiger partial charge in [-0.15, -0.1) is 0 Å². The number of nitrogens with zero attached hydrogens (tertiary/aromatic N) is 1. The normalized spacial score (nSPS) is 10.7. The number of nitrogens with one attached hydrogen (secondary N) is 1. The molecule has 1 N–H and O–H groups in total. The molecular weight excluding hydrogens is 407 g/mol. The van der Waals surface area contributed by atoms with Crippen LogP contribution in [-0.4, -0.2) is 10.9 Å². The molecule has 0 radical (unpaired) electrons. The summed E-state index contributed by atoms with van der Waals surface area (Å²) >= 11 is 12.1.